The molecule has 3 aromatic rings. The monoisotopic (exact) mass is 320 g/mol. The molecule has 21 heavy (non-hydrogen) atoms. The Balaban J connectivity index is 2.21. The Kier molecular flexibility index (Phi) is 3.48. The summed E-state index contributed by atoms with van der Waals surface area (Å²) in [7, 11) is 1.48. The summed E-state index contributed by atoms with van der Waals surface area (Å²) in [6.45, 7) is 0. The van der Waals surface area contributed by atoms with Crippen LogP contribution < -0.4 is 4.74 Å². The molecule has 0 unspecified atom stereocenters. The molecule has 0 spiro atoms. The first kappa shape index (κ1) is 13.8. The quantitative estimate of drug-likeness (QED) is 0.525. The van der Waals surface area contributed by atoms with Gasteiger partial charge in [0.05, 0.1) is 22.8 Å². The van der Waals surface area contributed by atoms with Gasteiger partial charge in [-0.05, 0) is 12.1 Å². The zero-order chi connectivity index (χ0) is 15.0. The molecular formula is C14H9ClN2O3S. The number of benzene rings is 2. The molecule has 0 N–H and O–H groups in total. The molecule has 0 fully saturated rings. The maximum atomic E-state index is 11.2. The topological polar surface area (TPSA) is 65.3 Å². The number of thiazole rings is 1. The molecule has 2 aromatic carbocycles. The minimum Gasteiger partial charge on any atom is -0.496 e. The van der Waals surface area contributed by atoms with E-state index in [1.165, 1.54) is 24.5 Å². The molecule has 5 nitrogen and oxygen atoms in total. The Morgan fingerprint density at radius 3 is 2.62 bits per heavy atom. The van der Waals surface area contributed by atoms with Crippen molar-refractivity contribution in [3.63, 3.8) is 0 Å². The molecule has 0 amide bonds. The highest BCUT2D eigenvalue weighted by Gasteiger charge is 2.19. The van der Waals surface area contributed by atoms with Gasteiger partial charge in [-0.2, -0.15) is 0 Å². The number of aromatic nitrogens is 1. The van der Waals surface area contributed by atoms with Crippen molar-refractivity contribution in [1.82, 2.24) is 4.98 Å². The summed E-state index contributed by atoms with van der Waals surface area (Å²) in [5, 5.41) is 12.5. The lowest BCUT2D eigenvalue weighted by Crippen LogP contribution is -1.91. The predicted octanol–water partition coefficient (Wildman–Crippen LogP) is 4.53. The second kappa shape index (κ2) is 5.31. The van der Waals surface area contributed by atoms with Crippen LogP contribution in [0.1, 0.15) is 0 Å². The number of non-ortho nitro benzene ring substituents is 1. The Morgan fingerprint density at radius 2 is 2.00 bits per heavy atom. The fourth-order valence-corrected chi connectivity index (χ4v) is 3.11. The SMILES string of the molecule is COc1cc([N+](=O)[O-])c2nc(-c3ccc(Cl)cc3)sc2c1. The van der Waals surface area contributed by atoms with Gasteiger partial charge in [-0.25, -0.2) is 4.98 Å². The van der Waals surface area contributed by atoms with E-state index < -0.39 is 4.92 Å². The largest absolute Gasteiger partial charge is 0.496 e. The number of hydrogen-bond acceptors (Lipinski definition) is 5. The van der Waals surface area contributed by atoms with E-state index in [0.717, 1.165) is 5.56 Å². The molecule has 0 aliphatic heterocycles. The molecule has 3 rings (SSSR count). The van der Waals surface area contributed by atoms with Crippen LogP contribution in [-0.4, -0.2) is 17.0 Å². The molecule has 0 saturated carbocycles. The molecule has 0 radical (unpaired) electrons. The minimum atomic E-state index is -0.448. The van der Waals surface area contributed by atoms with Crippen LogP contribution in [0.25, 0.3) is 20.8 Å². The summed E-state index contributed by atoms with van der Waals surface area (Å²) in [6, 6.07) is 10.3. The third kappa shape index (κ3) is 2.55. The van der Waals surface area contributed by atoms with E-state index in [-0.39, 0.29) is 5.69 Å². The average Bonchev–Trinajstić information content (AvgIpc) is 2.90. The summed E-state index contributed by atoms with van der Waals surface area (Å²) in [5.74, 6) is 0.445. The van der Waals surface area contributed by atoms with Crippen molar-refractivity contribution < 1.29 is 9.66 Å². The number of nitrogens with zero attached hydrogens (tertiary/aromatic N) is 2. The van der Waals surface area contributed by atoms with Gasteiger partial charge in [0, 0.05) is 16.7 Å². The van der Waals surface area contributed by atoms with Crippen molar-refractivity contribution in [2.75, 3.05) is 7.11 Å². The van der Waals surface area contributed by atoms with Crippen molar-refractivity contribution in [3.8, 4) is 16.3 Å². The highest BCUT2D eigenvalue weighted by atomic mass is 35.5. The lowest BCUT2D eigenvalue weighted by Gasteiger charge is -1.99. The third-order valence-corrected chi connectivity index (χ3v) is 4.28. The summed E-state index contributed by atoms with van der Waals surface area (Å²) in [5.41, 5.74) is 1.19. The molecule has 0 saturated heterocycles. The molecular weight excluding hydrogens is 312 g/mol. The van der Waals surface area contributed by atoms with Crippen LogP contribution in [0.4, 0.5) is 5.69 Å². The van der Waals surface area contributed by atoms with E-state index in [9.17, 15) is 10.1 Å². The van der Waals surface area contributed by atoms with Crippen LogP contribution in [0.15, 0.2) is 36.4 Å². The van der Waals surface area contributed by atoms with E-state index in [1.807, 2.05) is 12.1 Å². The molecule has 106 valence electrons. The Labute approximate surface area is 128 Å². The fraction of sp³-hybridized carbons (Fsp3) is 0.0714. The lowest BCUT2D eigenvalue weighted by molar-refractivity contribution is -0.383. The van der Waals surface area contributed by atoms with Gasteiger partial charge in [0.15, 0.2) is 5.52 Å². The summed E-state index contributed by atoms with van der Waals surface area (Å²) in [4.78, 5) is 15.1. The molecule has 0 aliphatic carbocycles. The molecule has 1 heterocycles. The minimum absolute atomic E-state index is 0.0548. The molecule has 0 atom stereocenters. The number of fused-ring (bicyclic) bond motifs is 1. The van der Waals surface area contributed by atoms with Crippen molar-refractivity contribution in [3.05, 3.63) is 51.5 Å². The second-order valence-corrected chi connectivity index (χ2v) is 5.74. The van der Waals surface area contributed by atoms with E-state index >= 15 is 0 Å². The number of halogens is 1. The fourth-order valence-electron chi connectivity index (χ4n) is 1.96. The van der Waals surface area contributed by atoms with Gasteiger partial charge in [-0.1, -0.05) is 23.7 Å². The summed E-state index contributed by atoms with van der Waals surface area (Å²) in [6.07, 6.45) is 0. The number of hydrogen-bond donors (Lipinski definition) is 0. The maximum absolute atomic E-state index is 11.2. The van der Waals surface area contributed by atoms with E-state index in [1.54, 1.807) is 18.2 Å². The van der Waals surface area contributed by atoms with Crippen LogP contribution >= 0.6 is 22.9 Å². The number of methoxy groups -OCH3 is 1. The van der Waals surface area contributed by atoms with Gasteiger partial charge in [0.1, 0.15) is 10.8 Å². The van der Waals surface area contributed by atoms with Crippen LogP contribution in [0.5, 0.6) is 5.75 Å². The van der Waals surface area contributed by atoms with Gasteiger partial charge in [-0.3, -0.25) is 10.1 Å². The van der Waals surface area contributed by atoms with Gasteiger partial charge in [0.2, 0.25) is 0 Å². The van der Waals surface area contributed by atoms with E-state index in [0.29, 0.717) is 26.0 Å². The van der Waals surface area contributed by atoms with Crippen LogP contribution in [0, 0.1) is 10.1 Å². The van der Waals surface area contributed by atoms with Crippen molar-refractivity contribution >= 4 is 38.8 Å². The number of nitro benzene ring substituents is 1. The lowest BCUT2D eigenvalue weighted by atomic mass is 10.2. The highest BCUT2D eigenvalue weighted by molar-refractivity contribution is 7.21. The van der Waals surface area contributed by atoms with Gasteiger partial charge < -0.3 is 4.74 Å². The van der Waals surface area contributed by atoms with Gasteiger partial charge in [-0.15, -0.1) is 11.3 Å². The molecule has 0 bridgehead atoms. The average molecular weight is 321 g/mol. The number of ether oxygens (including phenoxy) is 1. The first-order valence-electron chi connectivity index (χ1n) is 5.97. The standard InChI is InChI=1S/C14H9ClN2O3S/c1-20-10-6-11(17(18)19)13-12(7-10)21-14(16-13)8-2-4-9(15)5-3-8/h2-7H,1H3. The Hall–Kier alpha value is -2.18. The van der Waals surface area contributed by atoms with Crippen LogP contribution in [-0.2, 0) is 0 Å². The van der Waals surface area contributed by atoms with E-state index in [4.69, 9.17) is 16.3 Å². The zero-order valence-electron chi connectivity index (χ0n) is 10.9. The molecule has 1 aromatic heterocycles. The van der Waals surface area contributed by atoms with Crippen LogP contribution in [0.2, 0.25) is 5.02 Å². The highest BCUT2D eigenvalue weighted by Crippen LogP contribution is 2.37. The summed E-state index contributed by atoms with van der Waals surface area (Å²) < 4.78 is 5.81. The predicted molar refractivity (Wildman–Crippen MR) is 83.3 cm³/mol. The van der Waals surface area contributed by atoms with Crippen LogP contribution in [0.3, 0.4) is 0 Å². The Morgan fingerprint density at radius 1 is 1.29 bits per heavy atom. The number of rotatable bonds is 3. The van der Waals surface area contributed by atoms with Crippen molar-refractivity contribution in [2.24, 2.45) is 0 Å². The first-order valence-corrected chi connectivity index (χ1v) is 7.17. The first-order chi connectivity index (χ1) is 10.1. The smallest absolute Gasteiger partial charge is 0.300 e. The van der Waals surface area contributed by atoms with Crippen molar-refractivity contribution in [2.45, 2.75) is 0 Å². The van der Waals surface area contributed by atoms with Crippen molar-refractivity contribution in [1.29, 1.82) is 0 Å². The Bertz CT molecular complexity index is 830. The second-order valence-electron chi connectivity index (χ2n) is 4.28. The normalized spacial score (nSPS) is 10.8. The molecule has 0 aliphatic rings. The van der Waals surface area contributed by atoms with Gasteiger partial charge in [0.25, 0.3) is 5.69 Å². The number of nitro groups is 1. The summed E-state index contributed by atoms with van der Waals surface area (Å²) >= 11 is 7.24. The van der Waals surface area contributed by atoms with E-state index in [2.05, 4.69) is 4.98 Å². The zero-order valence-corrected chi connectivity index (χ0v) is 12.4. The van der Waals surface area contributed by atoms with Gasteiger partial charge >= 0.3 is 0 Å². The molecule has 7 heteroatoms. The third-order valence-electron chi connectivity index (χ3n) is 2.97. The maximum Gasteiger partial charge on any atom is 0.300 e.